The first-order valence-corrected chi connectivity index (χ1v) is 6.49. The lowest BCUT2D eigenvalue weighted by molar-refractivity contribution is 0.646. The first-order valence-electron chi connectivity index (χ1n) is 5.73. The highest BCUT2D eigenvalue weighted by Crippen LogP contribution is 2.21. The molecule has 1 N–H and O–H groups in total. The van der Waals surface area contributed by atoms with Crippen molar-refractivity contribution in [3.05, 3.63) is 51.8 Å². The van der Waals surface area contributed by atoms with Gasteiger partial charge in [-0.15, -0.1) is 0 Å². The minimum Gasteiger partial charge on any atom is -0.313 e. The molecule has 1 unspecified atom stereocenters. The van der Waals surface area contributed by atoms with E-state index in [-0.39, 0.29) is 6.04 Å². The maximum atomic E-state index is 6.13. The highest BCUT2D eigenvalue weighted by atomic mass is 35.5. The molecule has 0 aliphatic heterocycles. The number of aromatic nitrogens is 2. The lowest BCUT2D eigenvalue weighted by Gasteiger charge is -2.07. The summed E-state index contributed by atoms with van der Waals surface area (Å²) in [4.78, 5) is 0. The summed E-state index contributed by atoms with van der Waals surface area (Å²) in [5.41, 5.74) is 2.12. The molecule has 0 fully saturated rings. The van der Waals surface area contributed by atoms with Crippen LogP contribution in [0.15, 0.2) is 30.6 Å². The highest BCUT2D eigenvalue weighted by Gasteiger charge is 2.07. The lowest BCUT2D eigenvalue weighted by Crippen LogP contribution is -2.11. The van der Waals surface area contributed by atoms with Gasteiger partial charge in [0.15, 0.2) is 0 Å². The quantitative estimate of drug-likeness (QED) is 0.931. The summed E-state index contributed by atoms with van der Waals surface area (Å²) in [6.45, 7) is 2.71. The van der Waals surface area contributed by atoms with E-state index in [1.165, 1.54) is 0 Å². The summed E-state index contributed by atoms with van der Waals surface area (Å²) in [5, 5.41) is 8.90. The molecule has 0 amide bonds. The van der Waals surface area contributed by atoms with Gasteiger partial charge in [-0.2, -0.15) is 5.10 Å². The molecular formula is C13H15Cl2N3. The summed E-state index contributed by atoms with van der Waals surface area (Å²) in [6.07, 6.45) is 3.87. The van der Waals surface area contributed by atoms with Crippen molar-refractivity contribution in [2.75, 3.05) is 7.05 Å². The molecule has 0 saturated heterocycles. The number of hydrogen-bond donors (Lipinski definition) is 1. The standard InChI is InChI=1S/C13H15Cl2N3/c1-9(16-2)11-6-17-18(8-11)7-10-5-12(14)3-4-13(10)15/h3-6,8-9,16H,7H2,1-2H3. The van der Waals surface area contributed by atoms with Crippen LogP contribution in [0.5, 0.6) is 0 Å². The molecule has 96 valence electrons. The van der Waals surface area contributed by atoms with Crippen LogP contribution >= 0.6 is 23.2 Å². The Bertz CT molecular complexity index is 537. The Balaban J connectivity index is 2.18. The van der Waals surface area contributed by atoms with E-state index in [4.69, 9.17) is 23.2 Å². The van der Waals surface area contributed by atoms with E-state index in [2.05, 4.69) is 17.3 Å². The van der Waals surface area contributed by atoms with Gasteiger partial charge in [-0.05, 0) is 37.7 Å². The predicted octanol–water partition coefficient (Wildman–Crippen LogP) is 3.52. The van der Waals surface area contributed by atoms with Gasteiger partial charge in [0.2, 0.25) is 0 Å². The minimum absolute atomic E-state index is 0.286. The first-order chi connectivity index (χ1) is 8.60. The fourth-order valence-corrected chi connectivity index (χ4v) is 2.07. The molecule has 0 radical (unpaired) electrons. The summed E-state index contributed by atoms with van der Waals surface area (Å²) in [5.74, 6) is 0. The number of nitrogens with zero attached hydrogens (tertiary/aromatic N) is 2. The van der Waals surface area contributed by atoms with Crippen LogP contribution < -0.4 is 5.32 Å². The van der Waals surface area contributed by atoms with E-state index in [0.717, 1.165) is 11.1 Å². The van der Waals surface area contributed by atoms with Gasteiger partial charge in [0.1, 0.15) is 0 Å². The van der Waals surface area contributed by atoms with Crippen molar-refractivity contribution < 1.29 is 0 Å². The Morgan fingerprint density at radius 2 is 2.17 bits per heavy atom. The third kappa shape index (κ3) is 3.05. The van der Waals surface area contributed by atoms with Crippen molar-refractivity contribution in [2.24, 2.45) is 0 Å². The van der Waals surface area contributed by atoms with Crippen LogP contribution in [-0.4, -0.2) is 16.8 Å². The molecule has 1 aromatic carbocycles. The molecular weight excluding hydrogens is 269 g/mol. The Morgan fingerprint density at radius 1 is 1.39 bits per heavy atom. The maximum absolute atomic E-state index is 6.13. The predicted molar refractivity (Wildman–Crippen MR) is 75.3 cm³/mol. The van der Waals surface area contributed by atoms with Crippen LogP contribution in [0.4, 0.5) is 0 Å². The zero-order valence-electron chi connectivity index (χ0n) is 10.3. The van der Waals surface area contributed by atoms with E-state index in [9.17, 15) is 0 Å². The molecule has 0 spiro atoms. The van der Waals surface area contributed by atoms with Gasteiger partial charge in [0.05, 0.1) is 12.7 Å². The van der Waals surface area contributed by atoms with Gasteiger partial charge in [-0.25, -0.2) is 0 Å². The molecule has 2 rings (SSSR count). The molecule has 1 aromatic heterocycles. The Kier molecular flexibility index (Phi) is 4.27. The molecule has 0 aliphatic carbocycles. The largest absolute Gasteiger partial charge is 0.313 e. The average molecular weight is 284 g/mol. The summed E-state index contributed by atoms with van der Waals surface area (Å²) in [6, 6.07) is 5.74. The van der Waals surface area contributed by atoms with Gasteiger partial charge in [-0.1, -0.05) is 23.2 Å². The smallest absolute Gasteiger partial charge is 0.0674 e. The van der Waals surface area contributed by atoms with E-state index in [1.807, 2.05) is 30.2 Å². The molecule has 5 heteroatoms. The van der Waals surface area contributed by atoms with Gasteiger partial charge in [0.25, 0.3) is 0 Å². The number of nitrogens with one attached hydrogen (secondary N) is 1. The van der Waals surface area contributed by atoms with Crippen LogP contribution in [0.3, 0.4) is 0 Å². The number of hydrogen-bond acceptors (Lipinski definition) is 2. The second-order valence-electron chi connectivity index (χ2n) is 4.22. The molecule has 0 bridgehead atoms. The molecule has 18 heavy (non-hydrogen) atoms. The second-order valence-corrected chi connectivity index (χ2v) is 5.06. The van der Waals surface area contributed by atoms with Crippen molar-refractivity contribution in [3.63, 3.8) is 0 Å². The first kappa shape index (κ1) is 13.4. The van der Waals surface area contributed by atoms with Gasteiger partial charge < -0.3 is 5.32 Å². The zero-order valence-corrected chi connectivity index (χ0v) is 11.8. The van der Waals surface area contributed by atoms with Crippen LogP contribution in [0.1, 0.15) is 24.1 Å². The molecule has 1 atom stereocenters. The molecule has 0 saturated carbocycles. The topological polar surface area (TPSA) is 29.9 Å². The van der Waals surface area contributed by atoms with Crippen LogP contribution in [0.2, 0.25) is 10.0 Å². The van der Waals surface area contributed by atoms with E-state index >= 15 is 0 Å². The van der Waals surface area contributed by atoms with Gasteiger partial charge in [0, 0.05) is 27.8 Å². The van der Waals surface area contributed by atoms with Gasteiger partial charge in [-0.3, -0.25) is 4.68 Å². The molecule has 0 aliphatic rings. The van der Waals surface area contributed by atoms with Crippen LogP contribution in [-0.2, 0) is 6.54 Å². The van der Waals surface area contributed by atoms with Crippen molar-refractivity contribution in [1.29, 1.82) is 0 Å². The van der Waals surface area contributed by atoms with E-state index < -0.39 is 0 Å². The van der Waals surface area contributed by atoms with Crippen LogP contribution in [0.25, 0.3) is 0 Å². The summed E-state index contributed by atoms with van der Waals surface area (Å²) < 4.78 is 1.86. The maximum Gasteiger partial charge on any atom is 0.0674 e. The van der Waals surface area contributed by atoms with Crippen LogP contribution in [0, 0.1) is 0 Å². The van der Waals surface area contributed by atoms with Crippen molar-refractivity contribution in [2.45, 2.75) is 19.5 Å². The van der Waals surface area contributed by atoms with Gasteiger partial charge >= 0.3 is 0 Å². The molecule has 1 heterocycles. The third-order valence-electron chi connectivity index (χ3n) is 2.93. The fourth-order valence-electron chi connectivity index (χ4n) is 1.70. The average Bonchev–Trinajstić information content (AvgIpc) is 2.81. The number of halogens is 2. The lowest BCUT2D eigenvalue weighted by atomic mass is 10.2. The van der Waals surface area contributed by atoms with Crippen molar-refractivity contribution >= 4 is 23.2 Å². The SMILES string of the molecule is CNC(C)c1cnn(Cc2cc(Cl)ccc2Cl)c1. The molecule has 2 aromatic rings. The van der Waals surface area contributed by atoms with Crippen molar-refractivity contribution in [3.8, 4) is 0 Å². The second kappa shape index (κ2) is 5.74. The normalized spacial score (nSPS) is 12.7. The fraction of sp³-hybridized carbons (Fsp3) is 0.308. The monoisotopic (exact) mass is 283 g/mol. The minimum atomic E-state index is 0.286. The summed E-state index contributed by atoms with van der Waals surface area (Å²) in [7, 11) is 1.93. The summed E-state index contributed by atoms with van der Waals surface area (Å²) >= 11 is 12.1. The Morgan fingerprint density at radius 3 is 2.89 bits per heavy atom. The Hall–Kier alpha value is -1.03. The third-order valence-corrected chi connectivity index (χ3v) is 3.53. The van der Waals surface area contributed by atoms with E-state index in [0.29, 0.717) is 16.6 Å². The molecule has 3 nitrogen and oxygen atoms in total. The van der Waals surface area contributed by atoms with Crippen molar-refractivity contribution in [1.82, 2.24) is 15.1 Å². The number of benzene rings is 1. The Labute approximate surface area is 117 Å². The zero-order chi connectivity index (χ0) is 13.1. The van der Waals surface area contributed by atoms with E-state index in [1.54, 1.807) is 12.1 Å². The number of rotatable bonds is 4. The highest BCUT2D eigenvalue weighted by molar-refractivity contribution is 6.33.